The van der Waals surface area contributed by atoms with Crippen LogP contribution in [0.5, 0.6) is 0 Å². The van der Waals surface area contributed by atoms with Crippen LogP contribution >= 0.6 is 0 Å². The van der Waals surface area contributed by atoms with Gasteiger partial charge < -0.3 is 5.32 Å². The van der Waals surface area contributed by atoms with E-state index < -0.39 is 0 Å². The molecule has 1 saturated heterocycles. The number of carbonyl (C=O) groups excluding carboxylic acids is 1. The van der Waals surface area contributed by atoms with Gasteiger partial charge in [0.1, 0.15) is 0 Å². The highest BCUT2D eigenvalue weighted by Crippen LogP contribution is 2.30. The minimum absolute atomic E-state index is 0.0867. The molecule has 3 rings (SSSR count). The highest BCUT2D eigenvalue weighted by Gasteiger charge is 2.28. The third-order valence-electron chi connectivity index (χ3n) is 4.55. The van der Waals surface area contributed by atoms with Crippen LogP contribution in [0.4, 0.5) is 5.82 Å². The minimum Gasteiger partial charge on any atom is -0.309 e. The fraction of sp³-hybridized carbons (Fsp3) is 0.444. The number of rotatable bonds is 4. The highest BCUT2D eigenvalue weighted by molar-refractivity contribution is 5.87. The van der Waals surface area contributed by atoms with E-state index in [0.717, 1.165) is 19.5 Å². The number of aromatic nitrogens is 2. The Balaban J connectivity index is 1.66. The average molecular weight is 312 g/mol. The molecule has 0 saturated carbocycles. The predicted molar refractivity (Wildman–Crippen MR) is 91.4 cm³/mol. The molecular weight excluding hydrogens is 288 g/mol. The van der Waals surface area contributed by atoms with Gasteiger partial charge in [0.15, 0.2) is 5.82 Å². The SMILES string of the molecule is CC(=O)Nc1ccn([C@@H]2CCN([C@H](C)c3cccc(C)c3)C2)n1. The Bertz CT molecular complexity index is 694. The van der Waals surface area contributed by atoms with Crippen LogP contribution in [0.2, 0.25) is 0 Å². The second kappa shape index (κ2) is 6.54. The summed E-state index contributed by atoms with van der Waals surface area (Å²) in [5.74, 6) is 0.541. The molecule has 0 radical (unpaired) electrons. The van der Waals surface area contributed by atoms with Crippen molar-refractivity contribution in [1.82, 2.24) is 14.7 Å². The summed E-state index contributed by atoms with van der Waals surface area (Å²) < 4.78 is 1.98. The Hall–Kier alpha value is -2.14. The molecule has 1 aliphatic heterocycles. The number of aryl methyl sites for hydroxylation is 1. The number of carbonyl (C=O) groups is 1. The van der Waals surface area contributed by atoms with E-state index in [-0.39, 0.29) is 5.91 Å². The fourth-order valence-electron chi connectivity index (χ4n) is 3.27. The van der Waals surface area contributed by atoms with E-state index in [1.54, 1.807) is 0 Å². The van der Waals surface area contributed by atoms with Crippen LogP contribution in [0.1, 0.15) is 43.5 Å². The second-order valence-electron chi connectivity index (χ2n) is 6.39. The van der Waals surface area contributed by atoms with Gasteiger partial charge in [0.25, 0.3) is 0 Å². The molecular formula is C18H24N4O. The Morgan fingerprint density at radius 3 is 2.96 bits per heavy atom. The number of hydrogen-bond acceptors (Lipinski definition) is 3. The summed E-state index contributed by atoms with van der Waals surface area (Å²) in [4.78, 5) is 13.6. The lowest BCUT2D eigenvalue weighted by Crippen LogP contribution is -2.25. The maximum atomic E-state index is 11.1. The van der Waals surface area contributed by atoms with Crippen LogP contribution in [0.25, 0.3) is 0 Å². The van der Waals surface area contributed by atoms with E-state index in [2.05, 4.69) is 53.4 Å². The third-order valence-corrected chi connectivity index (χ3v) is 4.55. The number of anilines is 1. The van der Waals surface area contributed by atoms with Gasteiger partial charge in [0, 0.05) is 38.3 Å². The zero-order chi connectivity index (χ0) is 16.4. The van der Waals surface area contributed by atoms with Crippen molar-refractivity contribution >= 4 is 11.7 Å². The quantitative estimate of drug-likeness (QED) is 0.943. The molecule has 2 atom stereocenters. The largest absolute Gasteiger partial charge is 0.309 e. The molecule has 1 amide bonds. The molecule has 1 aliphatic rings. The number of amides is 1. The summed E-state index contributed by atoms with van der Waals surface area (Å²) in [7, 11) is 0. The lowest BCUT2D eigenvalue weighted by Gasteiger charge is -2.25. The van der Waals surface area contributed by atoms with Gasteiger partial charge in [-0.2, -0.15) is 5.10 Å². The molecule has 0 unspecified atom stereocenters. The van der Waals surface area contributed by atoms with Crippen LogP contribution in [-0.2, 0) is 4.79 Å². The molecule has 0 spiro atoms. The summed E-state index contributed by atoms with van der Waals surface area (Å²) in [6.07, 6.45) is 3.04. The molecule has 1 aromatic heterocycles. The first kappa shape index (κ1) is 15.7. The van der Waals surface area contributed by atoms with Gasteiger partial charge in [-0.1, -0.05) is 29.8 Å². The fourth-order valence-corrected chi connectivity index (χ4v) is 3.27. The second-order valence-corrected chi connectivity index (χ2v) is 6.39. The molecule has 1 aromatic carbocycles. The lowest BCUT2D eigenvalue weighted by molar-refractivity contribution is -0.114. The first-order valence-electron chi connectivity index (χ1n) is 8.16. The number of benzene rings is 1. The number of likely N-dealkylation sites (tertiary alicyclic amines) is 1. The van der Waals surface area contributed by atoms with Crippen LogP contribution in [0.3, 0.4) is 0 Å². The number of hydrogen-bond donors (Lipinski definition) is 1. The van der Waals surface area contributed by atoms with Crippen molar-refractivity contribution in [2.75, 3.05) is 18.4 Å². The molecule has 23 heavy (non-hydrogen) atoms. The van der Waals surface area contributed by atoms with E-state index in [0.29, 0.717) is 17.9 Å². The van der Waals surface area contributed by atoms with Crippen LogP contribution in [0, 0.1) is 6.92 Å². The molecule has 1 fully saturated rings. The van der Waals surface area contributed by atoms with E-state index in [4.69, 9.17) is 0 Å². The van der Waals surface area contributed by atoms with Gasteiger partial charge >= 0.3 is 0 Å². The molecule has 5 heteroatoms. The van der Waals surface area contributed by atoms with E-state index >= 15 is 0 Å². The Kier molecular flexibility index (Phi) is 4.48. The predicted octanol–water partition coefficient (Wildman–Crippen LogP) is 3.16. The van der Waals surface area contributed by atoms with Gasteiger partial charge in [-0.15, -0.1) is 0 Å². The smallest absolute Gasteiger partial charge is 0.222 e. The highest BCUT2D eigenvalue weighted by atomic mass is 16.1. The van der Waals surface area contributed by atoms with Crippen molar-refractivity contribution in [2.24, 2.45) is 0 Å². The maximum Gasteiger partial charge on any atom is 0.222 e. The molecule has 0 bridgehead atoms. The molecule has 1 N–H and O–H groups in total. The molecule has 2 heterocycles. The van der Waals surface area contributed by atoms with Crippen molar-refractivity contribution in [3.05, 3.63) is 47.7 Å². The van der Waals surface area contributed by atoms with E-state index in [1.165, 1.54) is 18.1 Å². The first-order chi connectivity index (χ1) is 11.0. The summed E-state index contributed by atoms with van der Waals surface area (Å²) >= 11 is 0. The first-order valence-corrected chi connectivity index (χ1v) is 8.16. The van der Waals surface area contributed by atoms with Crippen molar-refractivity contribution in [3.8, 4) is 0 Å². The summed E-state index contributed by atoms with van der Waals surface area (Å²) in [5.41, 5.74) is 2.67. The summed E-state index contributed by atoms with van der Waals surface area (Å²) in [5, 5.41) is 7.20. The maximum absolute atomic E-state index is 11.1. The van der Waals surface area contributed by atoms with Gasteiger partial charge in [0.05, 0.1) is 6.04 Å². The molecule has 2 aromatic rings. The van der Waals surface area contributed by atoms with Crippen molar-refractivity contribution in [3.63, 3.8) is 0 Å². The monoisotopic (exact) mass is 312 g/mol. The number of nitrogens with zero attached hydrogens (tertiary/aromatic N) is 3. The van der Waals surface area contributed by atoms with Gasteiger partial charge in [-0.3, -0.25) is 14.4 Å². The van der Waals surface area contributed by atoms with Gasteiger partial charge in [0.2, 0.25) is 5.91 Å². The molecule has 5 nitrogen and oxygen atoms in total. The standard InChI is InChI=1S/C18H24N4O/c1-13-5-4-6-16(11-13)14(2)21-9-7-17(12-21)22-10-8-18(20-22)19-15(3)23/h4-6,8,10-11,14,17H,7,9,12H2,1-3H3,(H,19,20,23)/t14-,17-/m1/s1. The van der Waals surface area contributed by atoms with E-state index in [9.17, 15) is 4.79 Å². The minimum atomic E-state index is -0.0867. The number of nitrogens with one attached hydrogen (secondary N) is 1. The Morgan fingerprint density at radius 2 is 2.22 bits per heavy atom. The third kappa shape index (κ3) is 3.62. The van der Waals surface area contributed by atoms with E-state index in [1.807, 2.05) is 16.9 Å². The molecule has 122 valence electrons. The van der Waals surface area contributed by atoms with Crippen LogP contribution in [0.15, 0.2) is 36.5 Å². The lowest BCUT2D eigenvalue weighted by atomic mass is 10.0. The van der Waals surface area contributed by atoms with Crippen LogP contribution in [-0.4, -0.2) is 33.7 Å². The van der Waals surface area contributed by atoms with Gasteiger partial charge in [-0.25, -0.2) is 0 Å². The zero-order valence-electron chi connectivity index (χ0n) is 14.0. The van der Waals surface area contributed by atoms with Crippen molar-refractivity contribution < 1.29 is 4.79 Å². The van der Waals surface area contributed by atoms with Crippen LogP contribution < -0.4 is 5.32 Å². The summed E-state index contributed by atoms with van der Waals surface area (Å²) in [6, 6.07) is 11.4. The zero-order valence-corrected chi connectivity index (χ0v) is 14.0. The normalized spacial score (nSPS) is 19.7. The van der Waals surface area contributed by atoms with Gasteiger partial charge in [-0.05, 0) is 25.8 Å². The Morgan fingerprint density at radius 1 is 1.39 bits per heavy atom. The average Bonchev–Trinajstić information content (AvgIpc) is 3.14. The van der Waals surface area contributed by atoms with Crippen molar-refractivity contribution in [1.29, 1.82) is 0 Å². The summed E-state index contributed by atoms with van der Waals surface area (Å²) in [6.45, 7) is 7.95. The Labute approximate surface area is 137 Å². The van der Waals surface area contributed by atoms with Crippen molar-refractivity contribution in [2.45, 2.75) is 39.3 Å². The topological polar surface area (TPSA) is 50.2 Å². The molecule has 0 aliphatic carbocycles.